The van der Waals surface area contributed by atoms with Gasteiger partial charge in [-0.1, -0.05) is 43.5 Å². The number of hydrogen-bond acceptors (Lipinski definition) is 2. The van der Waals surface area contributed by atoms with E-state index in [2.05, 4.69) is 10.3 Å². The summed E-state index contributed by atoms with van der Waals surface area (Å²) in [6, 6.07) is 9.78. The van der Waals surface area contributed by atoms with E-state index in [1.54, 1.807) is 6.20 Å². The van der Waals surface area contributed by atoms with Gasteiger partial charge in [0.15, 0.2) is 0 Å². The minimum absolute atomic E-state index is 0.0198. The van der Waals surface area contributed by atoms with Gasteiger partial charge in [-0.15, -0.1) is 11.6 Å². The van der Waals surface area contributed by atoms with Gasteiger partial charge in [-0.3, -0.25) is 9.78 Å². The average molecular weight is 303 g/mol. The molecule has 1 N–H and O–H groups in total. The number of amides is 1. The van der Waals surface area contributed by atoms with Gasteiger partial charge in [0.25, 0.3) is 5.91 Å². The van der Waals surface area contributed by atoms with Gasteiger partial charge in [-0.25, -0.2) is 0 Å². The van der Waals surface area contributed by atoms with Gasteiger partial charge in [0.05, 0.1) is 5.38 Å². The van der Waals surface area contributed by atoms with E-state index in [9.17, 15) is 4.79 Å². The van der Waals surface area contributed by atoms with E-state index in [0.717, 1.165) is 36.5 Å². The quantitative estimate of drug-likeness (QED) is 0.675. The summed E-state index contributed by atoms with van der Waals surface area (Å²) in [7, 11) is 0. The predicted octanol–water partition coefficient (Wildman–Crippen LogP) is 3.90. The van der Waals surface area contributed by atoms with Crippen molar-refractivity contribution in [1.29, 1.82) is 0 Å². The fraction of sp³-hybridized carbons (Fsp3) is 0.412. The molecule has 1 aromatic carbocycles. The molecule has 1 aliphatic rings. The van der Waals surface area contributed by atoms with E-state index in [0.29, 0.717) is 5.69 Å². The summed E-state index contributed by atoms with van der Waals surface area (Å²) in [5, 5.41) is 5.02. The molecule has 2 unspecified atom stereocenters. The van der Waals surface area contributed by atoms with Gasteiger partial charge in [0.1, 0.15) is 5.69 Å². The maximum Gasteiger partial charge on any atom is 0.270 e. The van der Waals surface area contributed by atoms with Crippen molar-refractivity contribution in [2.75, 3.05) is 0 Å². The number of nitrogens with one attached hydrogen (secondary N) is 1. The number of nitrogens with zero attached hydrogens (tertiary/aromatic N) is 1. The molecule has 0 aliphatic heterocycles. The third kappa shape index (κ3) is 3.18. The maximum atomic E-state index is 12.6. The molecule has 2 aromatic rings. The summed E-state index contributed by atoms with van der Waals surface area (Å²) in [4.78, 5) is 16.8. The lowest BCUT2D eigenvalue weighted by molar-refractivity contribution is 0.0931. The van der Waals surface area contributed by atoms with Gasteiger partial charge < -0.3 is 5.32 Å². The van der Waals surface area contributed by atoms with E-state index in [4.69, 9.17) is 11.6 Å². The van der Waals surface area contributed by atoms with Gasteiger partial charge in [0, 0.05) is 17.6 Å². The minimum atomic E-state index is -0.121. The van der Waals surface area contributed by atoms with Crippen molar-refractivity contribution >= 4 is 28.3 Å². The first kappa shape index (κ1) is 14.3. The SMILES string of the molecule is O=C(NC1CCCCCC1Cl)c1nccc2ccccc12. The molecule has 0 saturated heterocycles. The van der Waals surface area contributed by atoms with E-state index < -0.39 is 0 Å². The molecule has 3 nitrogen and oxygen atoms in total. The number of rotatable bonds is 2. The van der Waals surface area contributed by atoms with Crippen LogP contribution in [0.15, 0.2) is 36.5 Å². The first-order valence-electron chi connectivity index (χ1n) is 7.54. The van der Waals surface area contributed by atoms with Crippen LogP contribution in [-0.2, 0) is 0 Å². The molecule has 0 bridgehead atoms. The van der Waals surface area contributed by atoms with Crippen LogP contribution in [0.25, 0.3) is 10.8 Å². The Hall–Kier alpha value is -1.61. The number of carbonyl (C=O) groups is 1. The minimum Gasteiger partial charge on any atom is -0.346 e. The number of alkyl halides is 1. The lowest BCUT2D eigenvalue weighted by Crippen LogP contribution is -2.40. The smallest absolute Gasteiger partial charge is 0.270 e. The van der Waals surface area contributed by atoms with Crippen molar-refractivity contribution in [2.24, 2.45) is 0 Å². The predicted molar refractivity (Wildman–Crippen MR) is 85.7 cm³/mol. The monoisotopic (exact) mass is 302 g/mol. The molecule has 1 heterocycles. The van der Waals surface area contributed by atoms with Crippen LogP contribution < -0.4 is 5.32 Å². The average Bonchev–Trinajstić information content (AvgIpc) is 2.71. The second kappa shape index (κ2) is 6.44. The molecule has 1 amide bonds. The van der Waals surface area contributed by atoms with E-state index in [-0.39, 0.29) is 17.3 Å². The number of fused-ring (bicyclic) bond motifs is 1. The zero-order chi connectivity index (χ0) is 14.7. The van der Waals surface area contributed by atoms with Gasteiger partial charge >= 0.3 is 0 Å². The fourth-order valence-corrected chi connectivity index (χ4v) is 3.31. The second-order valence-corrected chi connectivity index (χ2v) is 6.18. The van der Waals surface area contributed by atoms with Crippen molar-refractivity contribution < 1.29 is 4.79 Å². The number of halogens is 1. The maximum absolute atomic E-state index is 12.6. The summed E-state index contributed by atoms with van der Waals surface area (Å²) in [6.07, 6.45) is 7.06. The van der Waals surface area contributed by atoms with Crippen molar-refractivity contribution in [3.8, 4) is 0 Å². The topological polar surface area (TPSA) is 42.0 Å². The van der Waals surface area contributed by atoms with Crippen LogP contribution in [0.5, 0.6) is 0 Å². The molecule has 1 aromatic heterocycles. The van der Waals surface area contributed by atoms with Gasteiger partial charge in [-0.2, -0.15) is 0 Å². The number of hydrogen-bond donors (Lipinski definition) is 1. The van der Waals surface area contributed by atoms with Crippen LogP contribution in [-0.4, -0.2) is 22.3 Å². The Morgan fingerprint density at radius 2 is 1.95 bits per heavy atom. The summed E-state index contributed by atoms with van der Waals surface area (Å²) in [5.41, 5.74) is 0.487. The zero-order valence-electron chi connectivity index (χ0n) is 11.9. The first-order valence-corrected chi connectivity index (χ1v) is 7.98. The van der Waals surface area contributed by atoms with Crippen molar-refractivity contribution in [1.82, 2.24) is 10.3 Å². The summed E-state index contributed by atoms with van der Waals surface area (Å²) < 4.78 is 0. The third-order valence-electron chi connectivity index (χ3n) is 4.14. The molecule has 21 heavy (non-hydrogen) atoms. The molecule has 1 saturated carbocycles. The highest BCUT2D eigenvalue weighted by Crippen LogP contribution is 2.23. The first-order chi connectivity index (χ1) is 10.3. The van der Waals surface area contributed by atoms with Gasteiger partial charge in [0.2, 0.25) is 0 Å². The molecule has 110 valence electrons. The Morgan fingerprint density at radius 1 is 1.14 bits per heavy atom. The fourth-order valence-electron chi connectivity index (χ4n) is 2.96. The van der Waals surface area contributed by atoms with Crippen LogP contribution in [0.2, 0.25) is 0 Å². The largest absolute Gasteiger partial charge is 0.346 e. The highest BCUT2D eigenvalue weighted by molar-refractivity contribution is 6.21. The molecular weight excluding hydrogens is 284 g/mol. The van der Waals surface area contributed by atoms with Crippen LogP contribution in [0.1, 0.15) is 42.6 Å². The summed E-state index contributed by atoms with van der Waals surface area (Å²) in [5.74, 6) is -0.121. The molecule has 2 atom stereocenters. The Labute approximate surface area is 129 Å². The van der Waals surface area contributed by atoms with Crippen LogP contribution in [0.4, 0.5) is 0 Å². The number of pyridine rings is 1. The molecule has 1 fully saturated rings. The molecule has 4 heteroatoms. The van der Waals surface area contributed by atoms with Gasteiger partial charge in [-0.05, 0) is 24.3 Å². The zero-order valence-corrected chi connectivity index (χ0v) is 12.6. The van der Waals surface area contributed by atoms with Crippen molar-refractivity contribution in [2.45, 2.75) is 43.5 Å². The standard InChI is InChI=1S/C17H19ClN2O/c18-14-8-2-1-3-9-15(14)20-17(21)16-13-7-5-4-6-12(13)10-11-19-16/h4-7,10-11,14-15H,1-3,8-9H2,(H,20,21). The Balaban J connectivity index is 1.83. The number of carbonyl (C=O) groups excluding carboxylic acids is 1. The summed E-state index contributed by atoms with van der Waals surface area (Å²) in [6.45, 7) is 0. The second-order valence-electron chi connectivity index (χ2n) is 5.61. The molecule has 0 radical (unpaired) electrons. The molecule has 3 rings (SSSR count). The summed E-state index contributed by atoms with van der Waals surface area (Å²) >= 11 is 6.40. The Bertz CT molecular complexity index is 638. The third-order valence-corrected chi connectivity index (χ3v) is 4.66. The van der Waals surface area contributed by atoms with E-state index >= 15 is 0 Å². The number of benzene rings is 1. The Morgan fingerprint density at radius 3 is 2.86 bits per heavy atom. The van der Waals surface area contributed by atoms with Crippen LogP contribution in [0, 0.1) is 0 Å². The van der Waals surface area contributed by atoms with Crippen LogP contribution in [0.3, 0.4) is 0 Å². The highest BCUT2D eigenvalue weighted by Gasteiger charge is 2.24. The lowest BCUT2D eigenvalue weighted by Gasteiger charge is -2.21. The molecule has 1 aliphatic carbocycles. The van der Waals surface area contributed by atoms with Crippen molar-refractivity contribution in [3.05, 3.63) is 42.2 Å². The highest BCUT2D eigenvalue weighted by atomic mass is 35.5. The van der Waals surface area contributed by atoms with Crippen LogP contribution >= 0.6 is 11.6 Å². The van der Waals surface area contributed by atoms with E-state index in [1.807, 2.05) is 30.3 Å². The normalized spacial score (nSPS) is 22.7. The van der Waals surface area contributed by atoms with E-state index in [1.165, 1.54) is 6.42 Å². The molecule has 0 spiro atoms. The van der Waals surface area contributed by atoms with Crippen molar-refractivity contribution in [3.63, 3.8) is 0 Å². The lowest BCUT2D eigenvalue weighted by atomic mass is 10.1. The number of aromatic nitrogens is 1. The molecular formula is C17H19ClN2O. The Kier molecular flexibility index (Phi) is 4.39.